The lowest BCUT2D eigenvalue weighted by Gasteiger charge is -2.36. The van der Waals surface area contributed by atoms with Crippen LogP contribution in [-0.4, -0.2) is 50.1 Å². The summed E-state index contributed by atoms with van der Waals surface area (Å²) >= 11 is 0. The monoisotopic (exact) mass is 341 g/mol. The van der Waals surface area contributed by atoms with Gasteiger partial charge in [0.05, 0.1) is 17.4 Å². The largest absolute Gasteiger partial charge is 0.481 e. The zero-order chi connectivity index (χ0) is 17.0. The molecule has 1 N–H and O–H groups in total. The maximum atomic E-state index is 12.8. The van der Waals surface area contributed by atoms with Gasteiger partial charge < -0.3 is 9.84 Å². The van der Waals surface area contributed by atoms with Gasteiger partial charge in [0, 0.05) is 19.7 Å². The Kier molecular flexibility index (Phi) is 5.78. The fraction of sp³-hybridized carbons (Fsp3) is 0.562. The van der Waals surface area contributed by atoms with E-state index in [0.717, 1.165) is 12.0 Å². The average Bonchev–Trinajstić information content (AvgIpc) is 2.53. The molecule has 7 heteroatoms. The predicted molar refractivity (Wildman–Crippen MR) is 85.7 cm³/mol. The van der Waals surface area contributed by atoms with Crippen LogP contribution in [0, 0.1) is 5.92 Å². The third-order valence-corrected chi connectivity index (χ3v) is 6.37. The quantitative estimate of drug-likeness (QED) is 0.852. The molecule has 0 saturated carbocycles. The van der Waals surface area contributed by atoms with Crippen LogP contribution in [0.4, 0.5) is 0 Å². The van der Waals surface area contributed by atoms with Crippen LogP contribution >= 0.6 is 0 Å². The van der Waals surface area contributed by atoms with Crippen LogP contribution in [0.25, 0.3) is 0 Å². The Balaban J connectivity index is 2.21. The lowest BCUT2D eigenvalue weighted by atomic mass is 9.92. The second-order valence-corrected chi connectivity index (χ2v) is 7.72. The Hall–Kier alpha value is -1.44. The third-order valence-electron chi connectivity index (χ3n) is 4.37. The second-order valence-electron chi connectivity index (χ2n) is 5.83. The maximum absolute atomic E-state index is 12.8. The van der Waals surface area contributed by atoms with Crippen LogP contribution in [0.1, 0.15) is 25.3 Å². The number of sulfonamides is 1. The zero-order valence-electron chi connectivity index (χ0n) is 13.4. The van der Waals surface area contributed by atoms with Crippen LogP contribution in [0.2, 0.25) is 0 Å². The highest BCUT2D eigenvalue weighted by molar-refractivity contribution is 7.89. The molecule has 2 rings (SSSR count). The van der Waals surface area contributed by atoms with Crippen molar-refractivity contribution in [2.75, 3.05) is 20.3 Å². The van der Waals surface area contributed by atoms with E-state index in [1.807, 2.05) is 0 Å². The number of carbonyl (C=O) groups is 1. The molecule has 1 aromatic carbocycles. The Morgan fingerprint density at radius 1 is 1.35 bits per heavy atom. The summed E-state index contributed by atoms with van der Waals surface area (Å²) in [5.41, 5.74) is 1.00. The van der Waals surface area contributed by atoms with Crippen LogP contribution in [0.15, 0.2) is 29.2 Å². The normalized spacial score (nSPS) is 22.9. The van der Waals surface area contributed by atoms with Crippen molar-refractivity contribution in [2.24, 2.45) is 5.92 Å². The molecule has 1 saturated heterocycles. The number of aliphatic carboxylic acids is 1. The SMILES string of the molecule is COCCc1ccc(S(=O)(=O)N2CCC[C@H](C(=O)O)[C@@H]2C)cc1. The lowest BCUT2D eigenvalue weighted by molar-refractivity contribution is -0.144. The van der Waals surface area contributed by atoms with Crippen LogP contribution in [-0.2, 0) is 26.0 Å². The molecule has 0 unspecified atom stereocenters. The summed E-state index contributed by atoms with van der Waals surface area (Å²) in [5, 5.41) is 9.25. The van der Waals surface area contributed by atoms with Crippen LogP contribution in [0.3, 0.4) is 0 Å². The van der Waals surface area contributed by atoms with E-state index >= 15 is 0 Å². The minimum atomic E-state index is -3.68. The van der Waals surface area contributed by atoms with Crippen molar-refractivity contribution in [1.29, 1.82) is 0 Å². The van der Waals surface area contributed by atoms with Crippen LogP contribution < -0.4 is 0 Å². The Morgan fingerprint density at radius 2 is 2.00 bits per heavy atom. The maximum Gasteiger partial charge on any atom is 0.308 e. The van der Waals surface area contributed by atoms with Crippen LogP contribution in [0.5, 0.6) is 0 Å². The van der Waals surface area contributed by atoms with Gasteiger partial charge in [-0.25, -0.2) is 8.42 Å². The van der Waals surface area contributed by atoms with Crippen molar-refractivity contribution in [3.8, 4) is 0 Å². The molecule has 1 aliphatic rings. The fourth-order valence-corrected chi connectivity index (χ4v) is 4.67. The molecule has 0 amide bonds. The molecule has 1 heterocycles. The van der Waals surface area contributed by atoms with Gasteiger partial charge in [-0.1, -0.05) is 12.1 Å². The average molecular weight is 341 g/mol. The first kappa shape index (κ1) is 17.9. The summed E-state index contributed by atoms with van der Waals surface area (Å²) in [6.45, 7) is 2.61. The number of rotatable bonds is 6. The molecule has 23 heavy (non-hydrogen) atoms. The third kappa shape index (κ3) is 3.91. The Labute approximate surface area is 137 Å². The molecule has 0 spiro atoms. The van der Waals surface area contributed by atoms with E-state index in [1.54, 1.807) is 38.3 Å². The van der Waals surface area contributed by atoms with Crippen molar-refractivity contribution in [3.05, 3.63) is 29.8 Å². The molecular weight excluding hydrogens is 318 g/mol. The fourth-order valence-electron chi connectivity index (χ4n) is 2.96. The van der Waals surface area contributed by atoms with Gasteiger partial charge in [0.25, 0.3) is 0 Å². The number of benzene rings is 1. The number of ether oxygens (including phenoxy) is 1. The van der Waals surface area contributed by atoms with Gasteiger partial charge in [0.1, 0.15) is 0 Å². The van der Waals surface area contributed by atoms with Gasteiger partial charge in [-0.05, 0) is 43.9 Å². The highest BCUT2D eigenvalue weighted by Gasteiger charge is 2.39. The van der Waals surface area contributed by atoms with Gasteiger partial charge in [-0.2, -0.15) is 4.31 Å². The molecule has 1 aliphatic heterocycles. The summed E-state index contributed by atoms with van der Waals surface area (Å²) in [5.74, 6) is -1.59. The van der Waals surface area contributed by atoms with Crippen molar-refractivity contribution in [3.63, 3.8) is 0 Å². The van der Waals surface area contributed by atoms with Crippen molar-refractivity contribution in [2.45, 2.75) is 37.1 Å². The molecule has 1 aromatic rings. The van der Waals surface area contributed by atoms with Gasteiger partial charge in [-0.3, -0.25) is 4.79 Å². The zero-order valence-corrected chi connectivity index (χ0v) is 14.3. The van der Waals surface area contributed by atoms with E-state index < -0.39 is 28.0 Å². The number of nitrogens with zero attached hydrogens (tertiary/aromatic N) is 1. The molecule has 2 atom stereocenters. The molecule has 0 bridgehead atoms. The van der Waals surface area contributed by atoms with Gasteiger partial charge in [0.2, 0.25) is 10.0 Å². The minimum absolute atomic E-state index is 0.205. The summed E-state index contributed by atoms with van der Waals surface area (Å²) in [6, 6.07) is 6.17. The highest BCUT2D eigenvalue weighted by atomic mass is 32.2. The van der Waals surface area contributed by atoms with E-state index in [1.165, 1.54) is 4.31 Å². The summed E-state index contributed by atoms with van der Waals surface area (Å²) < 4.78 is 31.9. The molecule has 128 valence electrons. The summed E-state index contributed by atoms with van der Waals surface area (Å²) in [4.78, 5) is 11.5. The number of carboxylic acids is 1. The molecule has 0 aromatic heterocycles. The lowest BCUT2D eigenvalue weighted by Crippen LogP contribution is -2.48. The first-order valence-electron chi connectivity index (χ1n) is 7.70. The Morgan fingerprint density at radius 3 is 2.57 bits per heavy atom. The minimum Gasteiger partial charge on any atom is -0.481 e. The number of piperidine rings is 1. The standard InChI is InChI=1S/C16H23NO5S/c1-12-15(16(18)19)4-3-10-17(12)23(20,21)14-7-5-13(6-8-14)9-11-22-2/h5-8,12,15H,3-4,9-11H2,1-2H3,(H,18,19)/t12-,15-/m0/s1. The molecule has 0 aliphatic carbocycles. The van der Waals surface area contributed by atoms with E-state index in [0.29, 0.717) is 26.0 Å². The highest BCUT2D eigenvalue weighted by Crippen LogP contribution is 2.29. The molecule has 0 radical (unpaired) electrons. The van der Waals surface area contributed by atoms with Gasteiger partial charge >= 0.3 is 5.97 Å². The number of carboxylic acid groups (broad SMARTS) is 1. The molecular formula is C16H23NO5S. The molecule has 6 nitrogen and oxygen atoms in total. The Bertz CT molecular complexity index is 641. The molecule has 1 fully saturated rings. The smallest absolute Gasteiger partial charge is 0.308 e. The summed E-state index contributed by atoms with van der Waals surface area (Å²) in [7, 11) is -2.06. The van der Waals surface area contributed by atoms with E-state index in [-0.39, 0.29) is 4.90 Å². The van der Waals surface area contributed by atoms with E-state index in [9.17, 15) is 18.3 Å². The van der Waals surface area contributed by atoms with E-state index in [2.05, 4.69) is 0 Å². The van der Waals surface area contributed by atoms with Crippen molar-refractivity contribution in [1.82, 2.24) is 4.31 Å². The number of methoxy groups -OCH3 is 1. The first-order chi connectivity index (χ1) is 10.9. The summed E-state index contributed by atoms with van der Waals surface area (Å²) in [6.07, 6.45) is 1.79. The predicted octanol–water partition coefficient (Wildman–Crippen LogP) is 1.75. The van der Waals surface area contributed by atoms with Gasteiger partial charge in [0.15, 0.2) is 0 Å². The first-order valence-corrected chi connectivity index (χ1v) is 9.14. The van der Waals surface area contributed by atoms with E-state index in [4.69, 9.17) is 4.74 Å². The van der Waals surface area contributed by atoms with Gasteiger partial charge in [-0.15, -0.1) is 0 Å². The number of hydrogen-bond donors (Lipinski definition) is 1. The second kappa shape index (κ2) is 7.42. The van der Waals surface area contributed by atoms with Crippen molar-refractivity contribution < 1.29 is 23.1 Å². The van der Waals surface area contributed by atoms with Crippen molar-refractivity contribution >= 4 is 16.0 Å². The topological polar surface area (TPSA) is 83.9 Å². The number of hydrogen-bond acceptors (Lipinski definition) is 4.